The first-order chi connectivity index (χ1) is 14.0. The highest BCUT2D eigenvalue weighted by atomic mass is 35.5. The quantitative estimate of drug-likeness (QED) is 0.752. The van der Waals surface area contributed by atoms with Crippen LogP contribution < -0.4 is 4.74 Å². The van der Waals surface area contributed by atoms with Gasteiger partial charge in [-0.15, -0.1) is 0 Å². The molecule has 0 spiro atoms. The SMILES string of the molecule is N#CCOc1ccc(CC(=O)N2CCN(C(=O)c3cc(Cl)ccc3F)CC2)cc1. The van der Waals surface area contributed by atoms with Gasteiger partial charge in [0.25, 0.3) is 5.91 Å². The summed E-state index contributed by atoms with van der Waals surface area (Å²) >= 11 is 5.86. The highest BCUT2D eigenvalue weighted by Crippen LogP contribution is 2.18. The molecule has 2 aromatic carbocycles. The topological polar surface area (TPSA) is 73.6 Å². The first-order valence-corrected chi connectivity index (χ1v) is 9.46. The molecule has 0 saturated carbocycles. The van der Waals surface area contributed by atoms with Crippen LogP contribution in [0.5, 0.6) is 5.75 Å². The first-order valence-electron chi connectivity index (χ1n) is 9.08. The van der Waals surface area contributed by atoms with E-state index < -0.39 is 11.7 Å². The molecule has 0 atom stereocenters. The molecule has 1 fully saturated rings. The van der Waals surface area contributed by atoms with Gasteiger partial charge < -0.3 is 14.5 Å². The van der Waals surface area contributed by atoms with E-state index in [1.165, 1.54) is 23.1 Å². The number of halogens is 2. The lowest BCUT2D eigenvalue weighted by Gasteiger charge is -2.35. The molecule has 150 valence electrons. The Balaban J connectivity index is 1.53. The fraction of sp³-hybridized carbons (Fsp3) is 0.286. The molecule has 1 heterocycles. The minimum absolute atomic E-state index is 0.0274. The van der Waals surface area contributed by atoms with Crippen LogP contribution in [0.3, 0.4) is 0 Å². The minimum Gasteiger partial charge on any atom is -0.479 e. The molecule has 0 bridgehead atoms. The summed E-state index contributed by atoms with van der Waals surface area (Å²) < 4.78 is 19.1. The van der Waals surface area contributed by atoms with Crippen LogP contribution in [0.4, 0.5) is 4.39 Å². The number of hydrogen-bond acceptors (Lipinski definition) is 4. The fourth-order valence-electron chi connectivity index (χ4n) is 3.10. The van der Waals surface area contributed by atoms with E-state index in [0.29, 0.717) is 37.0 Å². The molecule has 1 saturated heterocycles. The van der Waals surface area contributed by atoms with Crippen molar-refractivity contribution < 1.29 is 18.7 Å². The van der Waals surface area contributed by atoms with E-state index in [0.717, 1.165) is 5.56 Å². The average Bonchev–Trinajstić information content (AvgIpc) is 2.74. The van der Waals surface area contributed by atoms with Gasteiger partial charge in [-0.2, -0.15) is 5.26 Å². The zero-order valence-corrected chi connectivity index (χ0v) is 16.4. The Labute approximate surface area is 173 Å². The molecular formula is C21H19ClFN3O3. The standard InChI is InChI=1S/C21H19ClFN3O3/c22-16-3-6-19(23)18(14-16)21(28)26-10-8-25(9-11-26)20(27)13-15-1-4-17(5-2-15)29-12-7-24/h1-6,14H,8-13H2. The second-order valence-electron chi connectivity index (χ2n) is 6.56. The largest absolute Gasteiger partial charge is 0.479 e. The molecule has 1 aliphatic heterocycles. The molecule has 6 nitrogen and oxygen atoms in total. The molecule has 0 radical (unpaired) electrons. The number of rotatable bonds is 5. The van der Waals surface area contributed by atoms with Crippen LogP contribution in [-0.4, -0.2) is 54.4 Å². The van der Waals surface area contributed by atoms with Gasteiger partial charge in [-0.25, -0.2) is 4.39 Å². The van der Waals surface area contributed by atoms with E-state index in [2.05, 4.69) is 0 Å². The van der Waals surface area contributed by atoms with Gasteiger partial charge in [0.15, 0.2) is 6.61 Å². The van der Waals surface area contributed by atoms with Gasteiger partial charge in [-0.1, -0.05) is 23.7 Å². The number of nitriles is 1. The molecule has 0 aromatic heterocycles. The molecule has 0 aliphatic carbocycles. The predicted molar refractivity (Wildman–Crippen MR) is 105 cm³/mol. The van der Waals surface area contributed by atoms with Crippen molar-refractivity contribution in [1.29, 1.82) is 5.26 Å². The third-order valence-electron chi connectivity index (χ3n) is 4.66. The van der Waals surface area contributed by atoms with Crippen LogP contribution >= 0.6 is 11.6 Å². The molecule has 2 aromatic rings. The number of amides is 2. The highest BCUT2D eigenvalue weighted by Gasteiger charge is 2.26. The summed E-state index contributed by atoms with van der Waals surface area (Å²) in [4.78, 5) is 28.3. The Morgan fingerprint density at radius 1 is 1.07 bits per heavy atom. The van der Waals surface area contributed by atoms with Crippen molar-refractivity contribution in [2.45, 2.75) is 6.42 Å². The molecule has 0 unspecified atom stereocenters. The number of hydrogen-bond donors (Lipinski definition) is 0. The van der Waals surface area contributed by atoms with Gasteiger partial charge in [0.05, 0.1) is 12.0 Å². The Morgan fingerprint density at radius 3 is 2.38 bits per heavy atom. The zero-order chi connectivity index (χ0) is 20.8. The normalized spacial score (nSPS) is 13.7. The Bertz CT molecular complexity index is 935. The predicted octanol–water partition coefficient (Wildman–Crippen LogP) is 2.91. The minimum atomic E-state index is -0.611. The molecule has 3 rings (SSSR count). The summed E-state index contributed by atoms with van der Waals surface area (Å²) in [7, 11) is 0. The van der Waals surface area contributed by atoms with Crippen molar-refractivity contribution in [2.24, 2.45) is 0 Å². The van der Waals surface area contributed by atoms with Gasteiger partial charge in [0.1, 0.15) is 17.6 Å². The molecule has 1 aliphatic rings. The second-order valence-corrected chi connectivity index (χ2v) is 7.00. The van der Waals surface area contributed by atoms with Crippen LogP contribution in [0.1, 0.15) is 15.9 Å². The highest BCUT2D eigenvalue weighted by molar-refractivity contribution is 6.31. The van der Waals surface area contributed by atoms with Crippen LogP contribution in [0.15, 0.2) is 42.5 Å². The van der Waals surface area contributed by atoms with E-state index in [4.69, 9.17) is 21.6 Å². The summed E-state index contributed by atoms with van der Waals surface area (Å²) in [5.74, 6) is -0.509. The number of carbonyl (C=O) groups excluding carboxylic acids is 2. The average molecular weight is 416 g/mol. The van der Waals surface area contributed by atoms with Gasteiger partial charge in [-0.3, -0.25) is 9.59 Å². The third kappa shape index (κ3) is 5.24. The lowest BCUT2D eigenvalue weighted by Crippen LogP contribution is -2.51. The van der Waals surface area contributed by atoms with Crippen LogP contribution in [-0.2, 0) is 11.2 Å². The summed E-state index contributed by atoms with van der Waals surface area (Å²) in [5, 5.41) is 8.81. The van der Waals surface area contributed by atoms with E-state index >= 15 is 0 Å². The summed E-state index contributed by atoms with van der Waals surface area (Å²) in [6.45, 7) is 1.40. The van der Waals surface area contributed by atoms with Crippen molar-refractivity contribution in [3.63, 3.8) is 0 Å². The van der Waals surface area contributed by atoms with E-state index in [1.54, 1.807) is 29.2 Å². The third-order valence-corrected chi connectivity index (χ3v) is 4.90. The van der Waals surface area contributed by atoms with Crippen molar-refractivity contribution in [3.05, 3.63) is 64.4 Å². The van der Waals surface area contributed by atoms with E-state index in [1.807, 2.05) is 6.07 Å². The van der Waals surface area contributed by atoms with Crippen molar-refractivity contribution in [1.82, 2.24) is 9.80 Å². The fourth-order valence-corrected chi connectivity index (χ4v) is 3.27. The zero-order valence-electron chi connectivity index (χ0n) is 15.6. The second kappa shape index (κ2) is 9.39. The van der Waals surface area contributed by atoms with Gasteiger partial charge in [-0.05, 0) is 35.9 Å². The summed E-state index contributed by atoms with van der Waals surface area (Å²) in [6.07, 6.45) is 0.232. The number of carbonyl (C=O) groups is 2. The molecule has 8 heteroatoms. The molecule has 29 heavy (non-hydrogen) atoms. The van der Waals surface area contributed by atoms with Gasteiger partial charge in [0.2, 0.25) is 5.91 Å². The number of ether oxygens (including phenoxy) is 1. The summed E-state index contributed by atoms with van der Waals surface area (Å²) in [5.41, 5.74) is 0.773. The first kappa shape index (κ1) is 20.6. The number of piperazine rings is 1. The van der Waals surface area contributed by atoms with E-state index in [9.17, 15) is 14.0 Å². The van der Waals surface area contributed by atoms with Crippen LogP contribution in [0.2, 0.25) is 5.02 Å². The van der Waals surface area contributed by atoms with Crippen LogP contribution in [0.25, 0.3) is 0 Å². The van der Waals surface area contributed by atoms with Crippen molar-refractivity contribution in [2.75, 3.05) is 32.8 Å². The Kier molecular flexibility index (Phi) is 6.68. The van der Waals surface area contributed by atoms with Gasteiger partial charge in [0, 0.05) is 31.2 Å². The lowest BCUT2D eigenvalue weighted by atomic mass is 10.1. The van der Waals surface area contributed by atoms with Gasteiger partial charge >= 0.3 is 0 Å². The molecule has 2 amide bonds. The lowest BCUT2D eigenvalue weighted by molar-refractivity contribution is -0.131. The number of nitrogens with zero attached hydrogens (tertiary/aromatic N) is 3. The smallest absolute Gasteiger partial charge is 0.257 e. The maximum Gasteiger partial charge on any atom is 0.257 e. The van der Waals surface area contributed by atoms with E-state index in [-0.39, 0.29) is 24.5 Å². The molecule has 0 N–H and O–H groups in total. The van der Waals surface area contributed by atoms with Crippen molar-refractivity contribution in [3.8, 4) is 11.8 Å². The maximum atomic E-state index is 13.9. The Morgan fingerprint density at radius 2 is 1.72 bits per heavy atom. The maximum absolute atomic E-state index is 13.9. The van der Waals surface area contributed by atoms with Crippen molar-refractivity contribution >= 4 is 23.4 Å². The number of benzene rings is 2. The Hall–Kier alpha value is -3.11. The molecular weight excluding hydrogens is 397 g/mol. The van der Waals surface area contributed by atoms with Crippen LogP contribution in [0, 0.1) is 17.1 Å². The monoisotopic (exact) mass is 415 g/mol. The summed E-state index contributed by atoms with van der Waals surface area (Å²) in [6, 6.07) is 12.8.